The Bertz CT molecular complexity index is 1520. The Hall–Kier alpha value is -4.32. The van der Waals surface area contributed by atoms with Gasteiger partial charge in [-0.1, -0.05) is 43.5 Å². The lowest BCUT2D eigenvalue weighted by atomic mass is 9.95. The second kappa shape index (κ2) is 14.2. The van der Waals surface area contributed by atoms with Gasteiger partial charge in [0, 0.05) is 17.5 Å². The molecule has 1 aliphatic rings. The Morgan fingerprint density at radius 1 is 1.07 bits per heavy atom. The van der Waals surface area contributed by atoms with Crippen molar-refractivity contribution in [2.45, 2.75) is 57.2 Å². The first kappa shape index (κ1) is 30.1. The molecule has 2 aromatic heterocycles. The van der Waals surface area contributed by atoms with Gasteiger partial charge in [-0.3, -0.25) is 9.59 Å². The summed E-state index contributed by atoms with van der Waals surface area (Å²) in [6, 6.07) is 14.7. The molecule has 0 saturated heterocycles. The maximum atomic E-state index is 14.3. The summed E-state index contributed by atoms with van der Waals surface area (Å²) in [6.07, 6.45) is 5.60. The topological polar surface area (TPSA) is 111 Å². The van der Waals surface area contributed by atoms with Gasteiger partial charge in [-0.05, 0) is 65.8 Å². The Kier molecular flexibility index (Phi) is 9.98. The van der Waals surface area contributed by atoms with Crippen LogP contribution in [-0.4, -0.2) is 63.7 Å². The van der Waals surface area contributed by atoms with Crippen LogP contribution in [0.3, 0.4) is 0 Å². The van der Waals surface area contributed by atoms with E-state index in [4.69, 9.17) is 9.47 Å². The molecule has 1 fully saturated rings. The minimum atomic E-state index is -0.843. The van der Waals surface area contributed by atoms with Crippen molar-refractivity contribution in [1.82, 2.24) is 30.4 Å². The summed E-state index contributed by atoms with van der Waals surface area (Å²) < 4.78 is 25.2. The first-order valence-corrected chi connectivity index (χ1v) is 15.2. The van der Waals surface area contributed by atoms with Crippen molar-refractivity contribution >= 4 is 23.2 Å². The van der Waals surface area contributed by atoms with Gasteiger partial charge < -0.3 is 19.7 Å². The Labute approximate surface area is 253 Å². The zero-order chi connectivity index (χ0) is 30.2. The van der Waals surface area contributed by atoms with Gasteiger partial charge in [0.15, 0.2) is 11.5 Å². The van der Waals surface area contributed by atoms with Gasteiger partial charge >= 0.3 is 0 Å². The third kappa shape index (κ3) is 7.37. The zero-order valence-electron chi connectivity index (χ0n) is 24.2. The maximum Gasteiger partial charge on any atom is 0.248 e. The molecule has 2 amide bonds. The minimum absolute atomic E-state index is 0.0758. The van der Waals surface area contributed by atoms with Crippen LogP contribution in [-0.2, 0) is 22.6 Å². The van der Waals surface area contributed by atoms with Crippen LogP contribution < -0.4 is 14.8 Å². The number of methoxy groups -OCH3 is 2. The fourth-order valence-electron chi connectivity index (χ4n) is 5.35. The number of nitrogens with zero attached hydrogens (tertiary/aromatic N) is 5. The first-order valence-electron chi connectivity index (χ1n) is 14.3. The normalized spacial score (nSPS) is 14.2. The van der Waals surface area contributed by atoms with E-state index in [1.807, 2.05) is 35.7 Å². The summed E-state index contributed by atoms with van der Waals surface area (Å²) in [5.41, 5.74) is 1.10. The lowest BCUT2D eigenvalue weighted by Crippen LogP contribution is -2.48. The molecule has 10 nitrogen and oxygen atoms in total. The van der Waals surface area contributed by atoms with Crippen molar-refractivity contribution < 1.29 is 23.5 Å². The van der Waals surface area contributed by atoms with Crippen molar-refractivity contribution in [2.24, 2.45) is 0 Å². The highest BCUT2D eigenvalue weighted by Crippen LogP contribution is 2.30. The van der Waals surface area contributed by atoms with Crippen LogP contribution in [0.4, 0.5) is 4.39 Å². The number of benzene rings is 2. The second-order valence-electron chi connectivity index (χ2n) is 10.4. The number of thiophene rings is 1. The van der Waals surface area contributed by atoms with Crippen molar-refractivity contribution in [3.8, 4) is 22.9 Å². The number of nitrogens with one attached hydrogen (secondary N) is 1. The molecular formula is C31H35FN6O4S. The molecule has 4 aromatic rings. The molecule has 1 atom stereocenters. The predicted molar refractivity (Wildman–Crippen MR) is 160 cm³/mol. The van der Waals surface area contributed by atoms with E-state index < -0.39 is 11.9 Å². The average Bonchev–Trinajstić information content (AvgIpc) is 3.72. The number of carbonyl (C=O) groups excluding carboxylic acids is 2. The lowest BCUT2D eigenvalue weighted by Gasteiger charge is -2.32. The van der Waals surface area contributed by atoms with Crippen LogP contribution in [0.1, 0.15) is 48.6 Å². The number of ether oxygens (including phenoxy) is 2. The summed E-state index contributed by atoms with van der Waals surface area (Å²) in [6.45, 7) is -0.0319. The number of hydrogen-bond donors (Lipinski definition) is 1. The van der Waals surface area contributed by atoms with E-state index in [9.17, 15) is 14.0 Å². The molecule has 1 N–H and O–H groups in total. The third-order valence-electron chi connectivity index (χ3n) is 7.58. The highest BCUT2D eigenvalue weighted by atomic mass is 32.1. The highest BCUT2D eigenvalue weighted by molar-refractivity contribution is 7.10. The first-order chi connectivity index (χ1) is 21.0. The quantitative estimate of drug-likeness (QED) is 0.246. The Morgan fingerprint density at radius 3 is 2.58 bits per heavy atom. The number of hydrogen-bond acceptors (Lipinski definition) is 8. The number of carbonyl (C=O) groups is 2. The number of rotatable bonds is 12. The van der Waals surface area contributed by atoms with Gasteiger partial charge in [-0.2, -0.15) is 4.80 Å². The van der Waals surface area contributed by atoms with Crippen LogP contribution in [0.2, 0.25) is 0 Å². The summed E-state index contributed by atoms with van der Waals surface area (Å²) in [4.78, 5) is 31.4. The van der Waals surface area contributed by atoms with Crippen molar-refractivity contribution in [2.75, 3.05) is 20.8 Å². The van der Waals surface area contributed by atoms with Gasteiger partial charge in [-0.15, -0.1) is 21.5 Å². The standard InChI is InChI=1S/C31H35FN6O4S/c1-41-25-15-14-21(19-26(25)42-2)16-17-37(28(39)20-38-35-30(34-36-38)23-11-6-7-12-24(23)32)29(27-13-8-18-43-27)31(40)33-22-9-4-3-5-10-22/h6-8,11-15,18-19,22,29H,3-5,9-10,16-17,20H2,1-2H3,(H,33,40)/t29-/m0/s1. The van der Waals surface area contributed by atoms with Gasteiger partial charge in [-0.25, -0.2) is 4.39 Å². The molecule has 2 aromatic carbocycles. The molecule has 0 aliphatic heterocycles. The molecule has 43 heavy (non-hydrogen) atoms. The molecule has 0 unspecified atom stereocenters. The minimum Gasteiger partial charge on any atom is -0.493 e. The van der Waals surface area contributed by atoms with Gasteiger partial charge in [0.05, 0.1) is 19.8 Å². The molecule has 5 rings (SSSR count). The van der Waals surface area contributed by atoms with Crippen molar-refractivity contribution in [1.29, 1.82) is 0 Å². The van der Waals surface area contributed by atoms with E-state index in [1.54, 1.807) is 37.3 Å². The van der Waals surface area contributed by atoms with E-state index in [0.29, 0.717) is 17.9 Å². The van der Waals surface area contributed by atoms with Crippen LogP contribution in [0, 0.1) is 5.82 Å². The Morgan fingerprint density at radius 2 is 1.86 bits per heavy atom. The molecule has 226 valence electrons. The molecule has 1 saturated carbocycles. The molecular weight excluding hydrogens is 571 g/mol. The monoisotopic (exact) mass is 606 g/mol. The smallest absolute Gasteiger partial charge is 0.248 e. The second-order valence-corrected chi connectivity index (χ2v) is 11.4. The molecule has 0 radical (unpaired) electrons. The third-order valence-corrected chi connectivity index (χ3v) is 8.50. The molecule has 0 spiro atoms. The van der Waals surface area contributed by atoms with Crippen LogP contribution in [0.5, 0.6) is 11.5 Å². The maximum absolute atomic E-state index is 14.3. The van der Waals surface area contributed by atoms with E-state index in [2.05, 4.69) is 20.7 Å². The summed E-state index contributed by atoms with van der Waals surface area (Å²) >= 11 is 1.43. The van der Waals surface area contributed by atoms with E-state index in [1.165, 1.54) is 17.4 Å². The lowest BCUT2D eigenvalue weighted by molar-refractivity contribution is -0.142. The molecule has 0 bridgehead atoms. The van der Waals surface area contributed by atoms with Crippen molar-refractivity contribution in [3.63, 3.8) is 0 Å². The van der Waals surface area contributed by atoms with E-state index in [-0.39, 0.29) is 42.3 Å². The number of amides is 2. The fraction of sp³-hybridized carbons (Fsp3) is 0.387. The highest BCUT2D eigenvalue weighted by Gasteiger charge is 2.34. The molecule has 12 heteroatoms. The molecule has 1 aliphatic carbocycles. The largest absolute Gasteiger partial charge is 0.493 e. The Balaban J connectivity index is 1.43. The summed E-state index contributed by atoms with van der Waals surface area (Å²) in [7, 11) is 3.14. The molecule has 2 heterocycles. The van der Waals surface area contributed by atoms with E-state index >= 15 is 0 Å². The zero-order valence-corrected chi connectivity index (χ0v) is 25.1. The van der Waals surface area contributed by atoms with Crippen LogP contribution in [0.15, 0.2) is 60.0 Å². The summed E-state index contributed by atoms with van der Waals surface area (Å²) in [5.74, 6) is 0.194. The van der Waals surface area contributed by atoms with Gasteiger partial charge in [0.25, 0.3) is 0 Å². The van der Waals surface area contributed by atoms with Crippen LogP contribution in [0.25, 0.3) is 11.4 Å². The van der Waals surface area contributed by atoms with Gasteiger partial charge in [0.2, 0.25) is 17.6 Å². The van der Waals surface area contributed by atoms with Gasteiger partial charge in [0.1, 0.15) is 18.4 Å². The average molecular weight is 607 g/mol. The predicted octanol–water partition coefficient (Wildman–Crippen LogP) is 4.82. The number of halogens is 1. The number of tetrazole rings is 1. The number of aromatic nitrogens is 4. The van der Waals surface area contributed by atoms with Crippen LogP contribution >= 0.6 is 11.3 Å². The SMILES string of the molecule is COc1ccc(CCN(C(=O)Cn2nnc(-c3ccccc3F)n2)[C@H](C(=O)NC2CCCCC2)c2cccs2)cc1OC. The van der Waals surface area contributed by atoms with E-state index in [0.717, 1.165) is 47.3 Å². The van der Waals surface area contributed by atoms with Crippen molar-refractivity contribution in [3.05, 3.63) is 76.2 Å². The fourth-order valence-corrected chi connectivity index (χ4v) is 6.19. The summed E-state index contributed by atoms with van der Waals surface area (Å²) in [5, 5.41) is 17.3.